The lowest BCUT2D eigenvalue weighted by Gasteiger charge is -2.28. The third kappa shape index (κ3) is 9.32. The Morgan fingerprint density at radius 1 is 1.04 bits per heavy atom. The van der Waals surface area contributed by atoms with Crippen LogP contribution in [0.15, 0.2) is 59.9 Å². The highest BCUT2D eigenvalue weighted by Crippen LogP contribution is 2.50. The molecule has 2 saturated carbocycles. The summed E-state index contributed by atoms with van der Waals surface area (Å²) in [6, 6.07) is 14.5. The first-order chi connectivity index (χ1) is 23.1. The van der Waals surface area contributed by atoms with Gasteiger partial charge in [-0.25, -0.2) is 4.98 Å². The molecule has 2 heterocycles. The molecule has 4 unspecified atom stereocenters. The summed E-state index contributed by atoms with van der Waals surface area (Å²) in [6.45, 7) is 1.74. The molecule has 0 aliphatic heterocycles. The molecule has 2 aliphatic rings. The van der Waals surface area contributed by atoms with Crippen LogP contribution in [0.1, 0.15) is 61.8 Å². The van der Waals surface area contributed by atoms with E-state index in [9.17, 15) is 25.2 Å². The number of aromatic nitrogens is 2. The van der Waals surface area contributed by atoms with Crippen molar-refractivity contribution in [3.8, 4) is 16.9 Å². The molecule has 1 aromatic carbocycles. The van der Waals surface area contributed by atoms with Crippen LogP contribution in [0.5, 0.6) is 5.75 Å². The van der Waals surface area contributed by atoms with Gasteiger partial charge in [-0.15, -0.1) is 11.8 Å². The van der Waals surface area contributed by atoms with E-state index in [4.69, 9.17) is 14.8 Å². The van der Waals surface area contributed by atoms with E-state index < -0.39 is 31.0 Å². The van der Waals surface area contributed by atoms with Crippen LogP contribution in [0, 0.1) is 6.92 Å². The number of hydrogen-bond donors (Lipinski definition) is 6. The van der Waals surface area contributed by atoms with Crippen LogP contribution < -0.4 is 10.1 Å². The number of nitrogens with zero attached hydrogens (tertiary/aromatic N) is 3. The predicted molar refractivity (Wildman–Crippen MR) is 183 cm³/mol. The highest BCUT2D eigenvalue weighted by molar-refractivity contribution is 7.99. The summed E-state index contributed by atoms with van der Waals surface area (Å²) in [7, 11) is 1.51. The van der Waals surface area contributed by atoms with Crippen molar-refractivity contribution >= 4 is 17.7 Å². The predicted octanol–water partition coefficient (Wildman–Crippen LogP) is 2.93. The minimum atomic E-state index is -1.72. The molecular weight excluding hydrogens is 632 g/mol. The number of ether oxygens (including phenoxy) is 1. The van der Waals surface area contributed by atoms with E-state index in [1.165, 1.54) is 17.5 Å². The Balaban J connectivity index is 1.10. The molecule has 11 nitrogen and oxygen atoms in total. The van der Waals surface area contributed by atoms with Gasteiger partial charge in [-0.05, 0) is 86.1 Å². The maximum Gasteiger partial charge on any atom is 0.222 e. The Bertz CT molecular complexity index is 1520. The number of unbranched alkanes of at least 4 members (excludes halogenated alkanes) is 1. The van der Waals surface area contributed by atoms with Crippen molar-refractivity contribution in [2.24, 2.45) is 0 Å². The second-order valence-electron chi connectivity index (χ2n) is 13.0. The lowest BCUT2D eigenvalue weighted by Crippen LogP contribution is -2.49. The van der Waals surface area contributed by atoms with Crippen molar-refractivity contribution in [2.45, 2.75) is 99.5 Å². The Kier molecular flexibility index (Phi) is 12.5. The number of pyridine rings is 2. The average Bonchev–Trinajstić information content (AvgIpc) is 4.05. The van der Waals surface area contributed by atoms with E-state index in [1.54, 1.807) is 11.8 Å². The Labute approximate surface area is 286 Å². The van der Waals surface area contributed by atoms with E-state index >= 15 is 0 Å². The quantitative estimate of drug-likeness (QED) is 0.0814. The smallest absolute Gasteiger partial charge is 0.222 e. The summed E-state index contributed by atoms with van der Waals surface area (Å²) in [5.74, 6) is 1.51. The largest absolute Gasteiger partial charge is 0.490 e. The van der Waals surface area contributed by atoms with Gasteiger partial charge in [-0.3, -0.25) is 9.78 Å². The Hall–Kier alpha value is -3.10. The Morgan fingerprint density at radius 3 is 2.52 bits per heavy atom. The molecule has 0 saturated heterocycles. The molecule has 2 fully saturated rings. The van der Waals surface area contributed by atoms with Crippen molar-refractivity contribution in [3.63, 3.8) is 0 Å². The number of amides is 1. The maximum atomic E-state index is 12.5. The number of rotatable bonds is 19. The summed E-state index contributed by atoms with van der Waals surface area (Å²) in [6.07, 6.45) is 3.64. The van der Waals surface area contributed by atoms with Gasteiger partial charge >= 0.3 is 0 Å². The molecule has 0 bridgehead atoms. The number of aliphatic hydroxyl groups is 5. The molecular formula is C36H48N4O7S. The third-order valence-corrected chi connectivity index (χ3v) is 10.1. The number of thioether (sulfide) groups is 1. The van der Waals surface area contributed by atoms with Crippen LogP contribution in [0.25, 0.3) is 11.1 Å². The summed E-state index contributed by atoms with van der Waals surface area (Å²) in [4.78, 5) is 23.3. The van der Waals surface area contributed by atoms with Crippen molar-refractivity contribution in [1.82, 2.24) is 20.2 Å². The molecule has 48 heavy (non-hydrogen) atoms. The normalized spacial score (nSPS) is 17.7. The monoisotopic (exact) mass is 680 g/mol. The van der Waals surface area contributed by atoms with Gasteiger partial charge in [0.05, 0.1) is 23.4 Å². The molecule has 4 atom stereocenters. The number of hydrogen-bond acceptors (Lipinski definition) is 11. The Morgan fingerprint density at radius 2 is 1.79 bits per heavy atom. The second kappa shape index (κ2) is 16.5. The van der Waals surface area contributed by atoms with E-state index in [0.29, 0.717) is 19.1 Å². The molecule has 1 amide bonds. The van der Waals surface area contributed by atoms with Crippen molar-refractivity contribution in [2.75, 3.05) is 26.0 Å². The first-order valence-electron chi connectivity index (χ1n) is 16.7. The minimum absolute atomic E-state index is 0.165. The summed E-state index contributed by atoms with van der Waals surface area (Å²) < 4.78 is 6.25. The molecule has 3 aromatic rings. The molecule has 5 rings (SSSR count). The summed E-state index contributed by atoms with van der Waals surface area (Å²) in [5.41, 5.74) is 5.39. The molecule has 12 heteroatoms. The van der Waals surface area contributed by atoms with Gasteiger partial charge in [0.1, 0.15) is 30.2 Å². The number of likely N-dealkylation sites (N-methyl/N-ethyl adjacent to an activating group) is 1. The van der Waals surface area contributed by atoms with E-state index in [2.05, 4.69) is 47.6 Å². The zero-order chi connectivity index (χ0) is 34.3. The van der Waals surface area contributed by atoms with E-state index in [-0.39, 0.29) is 24.4 Å². The highest BCUT2D eigenvalue weighted by Gasteiger charge is 2.46. The second-order valence-corrected chi connectivity index (χ2v) is 14.1. The molecule has 2 aliphatic carbocycles. The number of carbonyl (C=O) groups excluding carboxylic acids is 1. The summed E-state index contributed by atoms with van der Waals surface area (Å²) in [5, 5.41) is 53.1. The van der Waals surface area contributed by atoms with Crippen LogP contribution in [-0.4, -0.2) is 103 Å². The standard InChI is InChI=1S/C36H48N4O7S/c1-23-10-13-32(48-18-6-5-9-33(44)40(2)21-29(42)34(45)35(46)30(43)22-41)39-28(23)20-38-36(15-16-36)27-19-37-17-14-25(27)26-7-3-4-8-31(26)47-24-11-12-24/h3-4,7-8,10,13-14,17,19,24,29-30,34-35,38,41-43,45-46H,5-6,9,11-12,15-16,18,20-22H2,1-2H3. The van der Waals surface area contributed by atoms with Crippen molar-refractivity contribution < 1.29 is 35.1 Å². The maximum absolute atomic E-state index is 12.5. The van der Waals surface area contributed by atoms with E-state index in [1.807, 2.05) is 24.5 Å². The van der Waals surface area contributed by atoms with Gasteiger partial charge in [-0.2, -0.15) is 0 Å². The van der Waals surface area contributed by atoms with Crippen LogP contribution >= 0.6 is 11.8 Å². The van der Waals surface area contributed by atoms with Crippen LogP contribution in [-0.2, 0) is 16.9 Å². The van der Waals surface area contributed by atoms with Gasteiger partial charge in [-0.1, -0.05) is 24.3 Å². The fourth-order valence-corrected chi connectivity index (χ4v) is 6.59. The van der Waals surface area contributed by atoms with Crippen molar-refractivity contribution in [1.29, 1.82) is 0 Å². The number of aryl methyl sites for hydroxylation is 1. The lowest BCUT2D eigenvalue weighted by molar-refractivity contribution is -0.138. The number of benzene rings is 1. The first kappa shape index (κ1) is 36.2. The van der Waals surface area contributed by atoms with E-state index in [0.717, 1.165) is 71.0 Å². The van der Waals surface area contributed by atoms with Gasteiger partial charge in [0.25, 0.3) is 0 Å². The molecule has 6 N–H and O–H groups in total. The topological polar surface area (TPSA) is 169 Å². The fourth-order valence-electron chi connectivity index (χ4n) is 5.70. The average molecular weight is 681 g/mol. The van der Waals surface area contributed by atoms with Gasteiger partial charge < -0.3 is 40.5 Å². The van der Waals surface area contributed by atoms with Gasteiger partial charge in [0.2, 0.25) is 5.91 Å². The highest BCUT2D eigenvalue weighted by atomic mass is 32.2. The van der Waals surface area contributed by atoms with Gasteiger partial charge in [0.15, 0.2) is 0 Å². The minimum Gasteiger partial charge on any atom is -0.490 e. The number of para-hydroxylation sites is 1. The molecule has 2 aromatic heterocycles. The number of carbonyl (C=O) groups is 1. The van der Waals surface area contributed by atoms with Crippen LogP contribution in [0.4, 0.5) is 0 Å². The number of nitrogens with one attached hydrogen (secondary N) is 1. The molecule has 260 valence electrons. The fraction of sp³-hybridized carbons (Fsp3) is 0.528. The van der Waals surface area contributed by atoms with Crippen LogP contribution in [0.2, 0.25) is 0 Å². The van der Waals surface area contributed by atoms with Gasteiger partial charge in [0, 0.05) is 50.1 Å². The molecule has 0 spiro atoms. The zero-order valence-electron chi connectivity index (χ0n) is 27.7. The summed E-state index contributed by atoms with van der Waals surface area (Å²) >= 11 is 1.65. The number of aliphatic hydroxyl groups excluding tert-OH is 5. The zero-order valence-corrected chi connectivity index (χ0v) is 28.5. The van der Waals surface area contributed by atoms with Crippen LogP contribution in [0.3, 0.4) is 0 Å². The van der Waals surface area contributed by atoms with Crippen molar-refractivity contribution in [3.05, 3.63) is 71.7 Å². The lowest BCUT2D eigenvalue weighted by atomic mass is 9.94. The third-order valence-electron chi connectivity index (χ3n) is 9.10. The molecule has 0 radical (unpaired) electrons. The SMILES string of the molecule is Cc1ccc(SCCCCC(=O)N(C)CC(O)C(O)C(O)C(O)CO)nc1CNC1(c2cnccc2-c2ccccc2OC2CC2)CC1. The first-order valence-corrected chi connectivity index (χ1v) is 17.7.